The van der Waals surface area contributed by atoms with Crippen LogP contribution in [-0.4, -0.2) is 43.2 Å². The van der Waals surface area contributed by atoms with E-state index >= 15 is 0 Å². The van der Waals surface area contributed by atoms with Gasteiger partial charge in [0.05, 0.1) is 6.17 Å². The summed E-state index contributed by atoms with van der Waals surface area (Å²) in [7, 11) is 0. The summed E-state index contributed by atoms with van der Waals surface area (Å²) in [6, 6.07) is 0. The van der Waals surface area contributed by atoms with Crippen LogP contribution in [0.2, 0.25) is 0 Å². The molecule has 0 saturated carbocycles. The molecule has 0 bridgehead atoms. The van der Waals surface area contributed by atoms with Gasteiger partial charge >= 0.3 is 0 Å². The van der Waals surface area contributed by atoms with Gasteiger partial charge in [-0.05, 0) is 25.8 Å². The Hall–Kier alpha value is -0.610. The number of amides is 1. The number of rotatable bonds is 1. The molecule has 2 saturated heterocycles. The highest BCUT2D eigenvalue weighted by molar-refractivity contribution is 5.77. The summed E-state index contributed by atoms with van der Waals surface area (Å²) >= 11 is 0. The highest BCUT2D eigenvalue weighted by Gasteiger charge is 2.25. The molecule has 2 aliphatic heterocycles. The molecular formula is C10H19N3O. The minimum atomic E-state index is 0.300. The molecule has 1 amide bonds. The van der Waals surface area contributed by atoms with Gasteiger partial charge in [0.25, 0.3) is 0 Å². The molecule has 0 aliphatic carbocycles. The molecule has 1 unspecified atom stereocenters. The Balaban J connectivity index is 1.95. The van der Waals surface area contributed by atoms with Crippen LogP contribution < -0.4 is 10.6 Å². The Bertz CT molecular complexity index is 202. The van der Waals surface area contributed by atoms with Crippen molar-refractivity contribution < 1.29 is 4.79 Å². The summed E-state index contributed by atoms with van der Waals surface area (Å²) in [5, 5.41) is 6.68. The van der Waals surface area contributed by atoms with Gasteiger partial charge in [-0.2, -0.15) is 0 Å². The summed E-state index contributed by atoms with van der Waals surface area (Å²) < 4.78 is 0. The van der Waals surface area contributed by atoms with Crippen LogP contribution in [0, 0.1) is 0 Å². The van der Waals surface area contributed by atoms with E-state index in [2.05, 4.69) is 10.6 Å². The number of carbonyl (C=O) groups is 1. The van der Waals surface area contributed by atoms with Crippen LogP contribution >= 0.6 is 0 Å². The monoisotopic (exact) mass is 197 g/mol. The predicted molar refractivity (Wildman–Crippen MR) is 54.8 cm³/mol. The first-order valence-electron chi connectivity index (χ1n) is 5.61. The van der Waals surface area contributed by atoms with Crippen LogP contribution in [0.25, 0.3) is 0 Å². The maximum absolute atomic E-state index is 11.8. The van der Waals surface area contributed by atoms with Gasteiger partial charge in [-0.15, -0.1) is 0 Å². The normalized spacial score (nSPS) is 30.1. The standard InChI is InChI=1S/C10H19N3O/c14-10-4-6-11-7-8-13(10)9-3-1-2-5-12-9/h9,11-12H,1-8H2. The molecule has 0 spiro atoms. The lowest BCUT2D eigenvalue weighted by Gasteiger charge is -2.34. The third-order valence-corrected chi connectivity index (χ3v) is 3.03. The SMILES string of the molecule is O=C1CCNCCN1C1CCCCN1. The topological polar surface area (TPSA) is 44.4 Å². The third-order valence-electron chi connectivity index (χ3n) is 3.03. The lowest BCUT2D eigenvalue weighted by atomic mass is 10.1. The summed E-state index contributed by atoms with van der Waals surface area (Å²) in [4.78, 5) is 13.8. The largest absolute Gasteiger partial charge is 0.326 e. The number of carbonyl (C=O) groups excluding carboxylic acids is 1. The Morgan fingerprint density at radius 3 is 2.93 bits per heavy atom. The van der Waals surface area contributed by atoms with E-state index in [-0.39, 0.29) is 0 Å². The Morgan fingerprint density at radius 1 is 1.21 bits per heavy atom. The minimum absolute atomic E-state index is 0.300. The van der Waals surface area contributed by atoms with Crippen molar-refractivity contribution in [2.45, 2.75) is 31.8 Å². The summed E-state index contributed by atoms with van der Waals surface area (Å²) in [5.74, 6) is 0.300. The van der Waals surface area contributed by atoms with Gasteiger partial charge in [0.1, 0.15) is 0 Å². The summed E-state index contributed by atoms with van der Waals surface area (Å²) in [5.41, 5.74) is 0. The Morgan fingerprint density at radius 2 is 2.14 bits per heavy atom. The maximum atomic E-state index is 11.8. The zero-order valence-electron chi connectivity index (χ0n) is 8.59. The molecule has 2 aliphatic rings. The van der Waals surface area contributed by atoms with Crippen LogP contribution in [0.15, 0.2) is 0 Å². The molecule has 0 radical (unpaired) electrons. The molecule has 2 heterocycles. The van der Waals surface area contributed by atoms with Crippen LogP contribution in [0.5, 0.6) is 0 Å². The predicted octanol–water partition coefficient (Wildman–Crippen LogP) is -0.0921. The maximum Gasteiger partial charge on any atom is 0.225 e. The molecule has 14 heavy (non-hydrogen) atoms. The lowest BCUT2D eigenvalue weighted by molar-refractivity contribution is -0.133. The molecule has 80 valence electrons. The average Bonchev–Trinajstić information content (AvgIpc) is 2.44. The lowest BCUT2D eigenvalue weighted by Crippen LogP contribution is -2.51. The third kappa shape index (κ3) is 2.25. The summed E-state index contributed by atoms with van der Waals surface area (Å²) in [6.45, 7) is 3.68. The summed E-state index contributed by atoms with van der Waals surface area (Å²) in [6.07, 6.45) is 4.56. The highest BCUT2D eigenvalue weighted by Crippen LogP contribution is 2.13. The van der Waals surface area contributed by atoms with Gasteiger partial charge in [-0.25, -0.2) is 0 Å². The first kappa shape index (κ1) is 9.93. The van der Waals surface area contributed by atoms with Gasteiger partial charge in [0.15, 0.2) is 0 Å². The molecule has 4 heteroatoms. The fraction of sp³-hybridized carbons (Fsp3) is 0.900. The fourth-order valence-electron chi connectivity index (χ4n) is 2.22. The van der Waals surface area contributed by atoms with E-state index in [1.165, 1.54) is 12.8 Å². The van der Waals surface area contributed by atoms with Crippen molar-refractivity contribution >= 4 is 5.91 Å². The molecule has 4 nitrogen and oxygen atoms in total. The number of piperidine rings is 1. The molecular weight excluding hydrogens is 178 g/mol. The first-order chi connectivity index (χ1) is 6.88. The fourth-order valence-corrected chi connectivity index (χ4v) is 2.22. The van der Waals surface area contributed by atoms with Crippen LogP contribution in [0.3, 0.4) is 0 Å². The van der Waals surface area contributed by atoms with Crippen molar-refractivity contribution in [1.82, 2.24) is 15.5 Å². The molecule has 2 fully saturated rings. The second-order valence-electron chi connectivity index (χ2n) is 4.05. The second-order valence-corrected chi connectivity index (χ2v) is 4.05. The van der Waals surface area contributed by atoms with Gasteiger partial charge in [-0.3, -0.25) is 10.1 Å². The minimum Gasteiger partial charge on any atom is -0.326 e. The van der Waals surface area contributed by atoms with Crippen LogP contribution in [0.1, 0.15) is 25.7 Å². The number of hydrogen-bond acceptors (Lipinski definition) is 3. The van der Waals surface area contributed by atoms with Crippen molar-refractivity contribution in [2.24, 2.45) is 0 Å². The molecule has 1 atom stereocenters. The smallest absolute Gasteiger partial charge is 0.225 e. The van der Waals surface area contributed by atoms with Crippen LogP contribution in [-0.2, 0) is 4.79 Å². The number of nitrogens with one attached hydrogen (secondary N) is 2. The molecule has 0 aromatic rings. The van der Waals surface area contributed by atoms with E-state index < -0.39 is 0 Å². The zero-order chi connectivity index (χ0) is 9.80. The zero-order valence-corrected chi connectivity index (χ0v) is 8.59. The van der Waals surface area contributed by atoms with Crippen molar-refractivity contribution in [3.05, 3.63) is 0 Å². The molecule has 2 rings (SSSR count). The van der Waals surface area contributed by atoms with Crippen molar-refractivity contribution in [3.8, 4) is 0 Å². The first-order valence-corrected chi connectivity index (χ1v) is 5.61. The van der Waals surface area contributed by atoms with Gasteiger partial charge in [0.2, 0.25) is 5.91 Å². The second kappa shape index (κ2) is 4.75. The Labute approximate surface area is 85.0 Å². The van der Waals surface area contributed by atoms with Gasteiger partial charge < -0.3 is 10.2 Å². The van der Waals surface area contributed by atoms with Crippen molar-refractivity contribution in [3.63, 3.8) is 0 Å². The number of nitrogens with zero attached hydrogens (tertiary/aromatic N) is 1. The quantitative estimate of drug-likeness (QED) is 0.617. The highest BCUT2D eigenvalue weighted by atomic mass is 16.2. The molecule has 0 aromatic carbocycles. The van der Waals surface area contributed by atoms with E-state index in [1.807, 2.05) is 4.90 Å². The van der Waals surface area contributed by atoms with Crippen molar-refractivity contribution in [1.29, 1.82) is 0 Å². The average molecular weight is 197 g/mol. The van der Waals surface area contributed by atoms with E-state index in [0.29, 0.717) is 18.5 Å². The van der Waals surface area contributed by atoms with E-state index in [1.54, 1.807) is 0 Å². The van der Waals surface area contributed by atoms with Gasteiger partial charge in [-0.1, -0.05) is 0 Å². The van der Waals surface area contributed by atoms with E-state index in [4.69, 9.17) is 0 Å². The van der Waals surface area contributed by atoms with E-state index in [0.717, 1.165) is 32.6 Å². The van der Waals surface area contributed by atoms with Crippen LogP contribution in [0.4, 0.5) is 0 Å². The van der Waals surface area contributed by atoms with Crippen molar-refractivity contribution in [2.75, 3.05) is 26.2 Å². The van der Waals surface area contributed by atoms with E-state index in [9.17, 15) is 4.79 Å². The molecule has 2 N–H and O–H groups in total. The van der Waals surface area contributed by atoms with Gasteiger partial charge in [0, 0.05) is 26.1 Å². The molecule has 0 aromatic heterocycles. The Kier molecular flexibility index (Phi) is 3.37. The number of hydrogen-bond donors (Lipinski definition) is 2.